The van der Waals surface area contributed by atoms with E-state index in [9.17, 15) is 19.3 Å². The summed E-state index contributed by atoms with van der Waals surface area (Å²) in [5.74, 6) is -0.555. The summed E-state index contributed by atoms with van der Waals surface area (Å²) in [7, 11) is 0. The van der Waals surface area contributed by atoms with E-state index in [0.717, 1.165) is 0 Å². The molecule has 0 N–H and O–H groups in total. The standard InChI is InChI=1S/C18H14FN3O5S/c1-11(17-20-21-18(27-17)12-2-4-13(19)5-3-12)26-16(23)10-28-15-8-6-14(7-9-15)22(24)25/h2-9,11H,10H2,1H3/t11-/m0/s1. The van der Waals surface area contributed by atoms with Crippen molar-refractivity contribution in [3.05, 3.63) is 70.4 Å². The smallest absolute Gasteiger partial charge is 0.317 e. The molecule has 0 saturated carbocycles. The number of nitro benzene ring substituents is 1. The van der Waals surface area contributed by atoms with Crippen molar-refractivity contribution < 1.29 is 23.3 Å². The highest BCUT2D eigenvalue weighted by Crippen LogP contribution is 2.25. The molecule has 0 radical (unpaired) electrons. The van der Waals surface area contributed by atoms with E-state index < -0.39 is 17.0 Å². The van der Waals surface area contributed by atoms with Gasteiger partial charge in [0, 0.05) is 22.6 Å². The molecule has 0 spiro atoms. The molecule has 1 heterocycles. The first kappa shape index (κ1) is 19.5. The lowest BCUT2D eigenvalue weighted by Gasteiger charge is -2.09. The summed E-state index contributed by atoms with van der Waals surface area (Å²) in [5, 5.41) is 18.4. The van der Waals surface area contributed by atoms with E-state index in [4.69, 9.17) is 9.15 Å². The predicted octanol–water partition coefficient (Wildman–Crippen LogP) is 4.18. The minimum atomic E-state index is -0.758. The normalized spacial score (nSPS) is 11.8. The van der Waals surface area contributed by atoms with Crippen LogP contribution in [0, 0.1) is 15.9 Å². The number of hydrogen-bond acceptors (Lipinski definition) is 8. The zero-order valence-electron chi connectivity index (χ0n) is 14.6. The molecule has 0 aliphatic carbocycles. The van der Waals surface area contributed by atoms with Crippen LogP contribution in [0.5, 0.6) is 0 Å². The van der Waals surface area contributed by atoms with Gasteiger partial charge in [-0.2, -0.15) is 0 Å². The van der Waals surface area contributed by atoms with Crippen molar-refractivity contribution in [1.82, 2.24) is 10.2 Å². The molecular weight excluding hydrogens is 389 g/mol. The fourth-order valence-electron chi connectivity index (χ4n) is 2.20. The van der Waals surface area contributed by atoms with Crippen molar-refractivity contribution in [2.24, 2.45) is 0 Å². The van der Waals surface area contributed by atoms with Gasteiger partial charge in [0.1, 0.15) is 5.82 Å². The lowest BCUT2D eigenvalue weighted by Crippen LogP contribution is -2.11. The van der Waals surface area contributed by atoms with Gasteiger partial charge in [0.05, 0.1) is 10.7 Å². The van der Waals surface area contributed by atoms with Gasteiger partial charge in [0.2, 0.25) is 5.89 Å². The number of hydrogen-bond donors (Lipinski definition) is 0. The van der Waals surface area contributed by atoms with E-state index in [1.165, 1.54) is 48.2 Å². The Morgan fingerprint density at radius 2 is 1.89 bits per heavy atom. The molecule has 10 heteroatoms. The molecule has 0 bridgehead atoms. The van der Waals surface area contributed by atoms with Crippen LogP contribution >= 0.6 is 11.8 Å². The Morgan fingerprint density at radius 3 is 2.54 bits per heavy atom. The van der Waals surface area contributed by atoms with Gasteiger partial charge in [-0.15, -0.1) is 22.0 Å². The third kappa shape index (κ3) is 4.92. The fraction of sp³-hybridized carbons (Fsp3) is 0.167. The zero-order valence-corrected chi connectivity index (χ0v) is 15.4. The number of nitro groups is 1. The van der Waals surface area contributed by atoms with E-state index in [1.807, 2.05) is 0 Å². The van der Waals surface area contributed by atoms with Crippen molar-refractivity contribution in [3.8, 4) is 11.5 Å². The molecule has 3 aromatic rings. The van der Waals surface area contributed by atoms with Crippen LogP contribution in [0.25, 0.3) is 11.5 Å². The van der Waals surface area contributed by atoms with Gasteiger partial charge in [-0.05, 0) is 43.3 Å². The predicted molar refractivity (Wildman–Crippen MR) is 98.0 cm³/mol. The lowest BCUT2D eigenvalue weighted by atomic mass is 10.2. The van der Waals surface area contributed by atoms with Gasteiger partial charge in [0.25, 0.3) is 11.6 Å². The molecular formula is C18H14FN3O5S. The summed E-state index contributed by atoms with van der Waals surface area (Å²) in [6.07, 6.45) is -0.758. The summed E-state index contributed by atoms with van der Waals surface area (Å²) in [6, 6.07) is 11.4. The highest BCUT2D eigenvalue weighted by atomic mass is 32.2. The number of ether oxygens (including phenoxy) is 1. The quantitative estimate of drug-likeness (QED) is 0.250. The number of rotatable bonds is 7. The van der Waals surface area contributed by atoms with Crippen LogP contribution < -0.4 is 0 Å². The molecule has 0 aliphatic heterocycles. The zero-order chi connectivity index (χ0) is 20.1. The van der Waals surface area contributed by atoms with Crippen LogP contribution in [0.4, 0.5) is 10.1 Å². The van der Waals surface area contributed by atoms with E-state index in [2.05, 4.69) is 10.2 Å². The molecule has 0 saturated heterocycles. The maximum absolute atomic E-state index is 13.0. The third-order valence-electron chi connectivity index (χ3n) is 3.59. The van der Waals surface area contributed by atoms with Crippen LogP contribution in [0.3, 0.4) is 0 Å². The average Bonchev–Trinajstić information content (AvgIpc) is 3.17. The van der Waals surface area contributed by atoms with Crippen molar-refractivity contribution in [2.45, 2.75) is 17.9 Å². The van der Waals surface area contributed by atoms with Crippen molar-refractivity contribution in [2.75, 3.05) is 5.75 Å². The van der Waals surface area contributed by atoms with Gasteiger partial charge in [-0.25, -0.2) is 4.39 Å². The minimum Gasteiger partial charge on any atom is -0.452 e. The first-order chi connectivity index (χ1) is 13.4. The maximum Gasteiger partial charge on any atom is 0.317 e. The van der Waals surface area contributed by atoms with E-state index >= 15 is 0 Å². The number of thioether (sulfide) groups is 1. The van der Waals surface area contributed by atoms with Gasteiger partial charge < -0.3 is 9.15 Å². The molecule has 28 heavy (non-hydrogen) atoms. The van der Waals surface area contributed by atoms with Gasteiger partial charge in [-0.1, -0.05) is 0 Å². The second-order valence-corrected chi connectivity index (χ2v) is 6.67. The average molecular weight is 403 g/mol. The Bertz CT molecular complexity index is 976. The molecule has 0 fully saturated rings. The third-order valence-corrected chi connectivity index (χ3v) is 4.58. The van der Waals surface area contributed by atoms with Crippen LogP contribution in [0.15, 0.2) is 57.8 Å². The number of aromatic nitrogens is 2. The molecule has 8 nitrogen and oxygen atoms in total. The highest BCUT2D eigenvalue weighted by Gasteiger charge is 2.19. The summed E-state index contributed by atoms with van der Waals surface area (Å²) in [4.78, 5) is 22.8. The van der Waals surface area contributed by atoms with Gasteiger partial charge >= 0.3 is 5.97 Å². The lowest BCUT2D eigenvalue weighted by molar-refractivity contribution is -0.384. The summed E-state index contributed by atoms with van der Waals surface area (Å²) >= 11 is 1.19. The molecule has 3 rings (SSSR count). The number of carbonyl (C=O) groups excluding carboxylic acids is 1. The Labute approximate surface area is 162 Å². The van der Waals surface area contributed by atoms with Crippen LogP contribution in [0.1, 0.15) is 18.9 Å². The topological polar surface area (TPSA) is 108 Å². The number of nitrogens with zero attached hydrogens (tertiary/aromatic N) is 3. The Balaban J connectivity index is 1.54. The molecule has 144 valence electrons. The second kappa shape index (κ2) is 8.61. The molecule has 0 amide bonds. The molecule has 1 aromatic heterocycles. The molecule has 0 aliphatic rings. The summed E-state index contributed by atoms with van der Waals surface area (Å²) in [6.45, 7) is 1.59. The number of halogens is 1. The SMILES string of the molecule is C[C@H](OC(=O)CSc1ccc([N+](=O)[O-])cc1)c1nnc(-c2ccc(F)cc2)o1. The van der Waals surface area contributed by atoms with Gasteiger partial charge in [0.15, 0.2) is 6.10 Å². The first-order valence-corrected chi connectivity index (χ1v) is 9.07. The first-order valence-electron chi connectivity index (χ1n) is 8.08. The van der Waals surface area contributed by atoms with Crippen LogP contribution in [-0.4, -0.2) is 26.8 Å². The number of esters is 1. The Morgan fingerprint density at radius 1 is 1.21 bits per heavy atom. The summed E-state index contributed by atoms with van der Waals surface area (Å²) < 4.78 is 23.7. The minimum absolute atomic E-state index is 0.0150. The number of carbonyl (C=O) groups is 1. The van der Waals surface area contributed by atoms with Crippen molar-refractivity contribution >= 4 is 23.4 Å². The van der Waals surface area contributed by atoms with Crippen LogP contribution in [-0.2, 0) is 9.53 Å². The van der Waals surface area contributed by atoms with Crippen molar-refractivity contribution in [3.63, 3.8) is 0 Å². The second-order valence-electron chi connectivity index (χ2n) is 5.62. The monoisotopic (exact) mass is 403 g/mol. The molecule has 1 atom stereocenters. The van der Waals surface area contributed by atoms with E-state index in [0.29, 0.717) is 10.5 Å². The number of benzene rings is 2. The fourth-order valence-corrected chi connectivity index (χ4v) is 2.88. The largest absolute Gasteiger partial charge is 0.452 e. The summed E-state index contributed by atoms with van der Waals surface area (Å²) in [5.41, 5.74) is 0.529. The molecule has 0 unspecified atom stereocenters. The van der Waals surface area contributed by atoms with E-state index in [1.54, 1.807) is 19.1 Å². The Hall–Kier alpha value is -3.27. The molecule has 2 aromatic carbocycles. The van der Waals surface area contributed by atoms with Crippen molar-refractivity contribution in [1.29, 1.82) is 0 Å². The maximum atomic E-state index is 13.0. The Kier molecular flexibility index (Phi) is 5.99. The van der Waals surface area contributed by atoms with Gasteiger partial charge in [-0.3, -0.25) is 14.9 Å². The number of non-ortho nitro benzene ring substituents is 1. The van der Waals surface area contributed by atoms with E-state index in [-0.39, 0.29) is 29.0 Å². The highest BCUT2D eigenvalue weighted by molar-refractivity contribution is 8.00. The van der Waals surface area contributed by atoms with Crippen LogP contribution in [0.2, 0.25) is 0 Å².